The zero-order valence-corrected chi connectivity index (χ0v) is 21.6. The van der Waals surface area contributed by atoms with E-state index in [-0.39, 0.29) is 4.90 Å². The number of hydrogen-bond acceptors (Lipinski definition) is 4. The van der Waals surface area contributed by atoms with Gasteiger partial charge in [0.1, 0.15) is 6.10 Å². The van der Waals surface area contributed by atoms with Crippen LogP contribution in [0.3, 0.4) is 0 Å². The molecule has 2 N–H and O–H groups in total. The SMILES string of the molecule is Cc1cc(C)c(S(=O)(=O)NCC(=O)N(C)c2ccc(Cl)cc2C(O)c2ccccc2Cl)cc1C. The Morgan fingerprint density at radius 2 is 1.62 bits per heavy atom. The number of amides is 1. The van der Waals surface area contributed by atoms with E-state index in [9.17, 15) is 18.3 Å². The third kappa shape index (κ3) is 5.62. The molecule has 0 spiro atoms. The van der Waals surface area contributed by atoms with Crippen molar-refractivity contribution in [1.82, 2.24) is 4.72 Å². The Kier molecular flexibility index (Phi) is 8.06. The van der Waals surface area contributed by atoms with Crippen molar-refractivity contribution in [2.45, 2.75) is 31.8 Å². The number of benzene rings is 3. The Balaban J connectivity index is 1.85. The molecule has 3 rings (SSSR count). The van der Waals surface area contributed by atoms with Crippen LogP contribution in [0.4, 0.5) is 5.69 Å². The summed E-state index contributed by atoms with van der Waals surface area (Å²) < 4.78 is 28.1. The monoisotopic (exact) mass is 520 g/mol. The minimum absolute atomic E-state index is 0.132. The van der Waals surface area contributed by atoms with E-state index >= 15 is 0 Å². The second-order valence-electron chi connectivity index (χ2n) is 8.11. The lowest BCUT2D eigenvalue weighted by molar-refractivity contribution is -0.117. The molecule has 1 atom stereocenters. The van der Waals surface area contributed by atoms with Crippen LogP contribution in [0.25, 0.3) is 0 Å². The van der Waals surface area contributed by atoms with Gasteiger partial charge < -0.3 is 10.0 Å². The van der Waals surface area contributed by atoms with E-state index in [1.54, 1.807) is 61.5 Å². The van der Waals surface area contributed by atoms with Gasteiger partial charge in [-0.2, -0.15) is 0 Å². The molecular weight excluding hydrogens is 495 g/mol. The van der Waals surface area contributed by atoms with Crippen LogP contribution in [0.15, 0.2) is 59.5 Å². The van der Waals surface area contributed by atoms with E-state index in [0.717, 1.165) is 11.1 Å². The molecule has 180 valence electrons. The molecule has 9 heteroatoms. The lowest BCUT2D eigenvalue weighted by Gasteiger charge is -2.24. The van der Waals surface area contributed by atoms with Crippen molar-refractivity contribution in [3.05, 3.63) is 92.5 Å². The van der Waals surface area contributed by atoms with Crippen LogP contribution >= 0.6 is 23.2 Å². The predicted molar refractivity (Wildman–Crippen MR) is 136 cm³/mol. The molecule has 0 saturated carbocycles. The Labute approximate surface area is 210 Å². The van der Waals surface area contributed by atoms with Gasteiger partial charge in [0.15, 0.2) is 0 Å². The van der Waals surface area contributed by atoms with Gasteiger partial charge in [-0.3, -0.25) is 4.79 Å². The number of carbonyl (C=O) groups is 1. The predicted octanol–water partition coefficient (Wildman–Crippen LogP) is 4.94. The number of rotatable bonds is 7. The largest absolute Gasteiger partial charge is 0.384 e. The molecule has 3 aromatic rings. The zero-order chi connectivity index (χ0) is 25.2. The van der Waals surface area contributed by atoms with Crippen LogP contribution in [0.1, 0.15) is 33.9 Å². The van der Waals surface area contributed by atoms with Crippen molar-refractivity contribution >= 4 is 44.8 Å². The molecule has 0 heterocycles. The molecule has 6 nitrogen and oxygen atoms in total. The number of carbonyl (C=O) groups excluding carboxylic acids is 1. The van der Waals surface area contributed by atoms with Gasteiger partial charge in [-0.25, -0.2) is 13.1 Å². The van der Waals surface area contributed by atoms with Crippen molar-refractivity contribution in [3.8, 4) is 0 Å². The van der Waals surface area contributed by atoms with E-state index in [1.807, 2.05) is 13.8 Å². The Morgan fingerprint density at radius 1 is 0.971 bits per heavy atom. The number of nitrogens with one attached hydrogen (secondary N) is 1. The molecule has 0 aliphatic heterocycles. The highest BCUT2D eigenvalue weighted by molar-refractivity contribution is 7.89. The molecule has 0 fully saturated rings. The van der Waals surface area contributed by atoms with Gasteiger partial charge in [0.2, 0.25) is 15.9 Å². The minimum Gasteiger partial charge on any atom is -0.384 e. The first-order valence-electron chi connectivity index (χ1n) is 10.5. The Morgan fingerprint density at radius 3 is 2.29 bits per heavy atom. The normalized spacial score (nSPS) is 12.4. The fraction of sp³-hybridized carbons (Fsp3) is 0.240. The summed E-state index contributed by atoms with van der Waals surface area (Å²) in [6, 6.07) is 15.0. The molecule has 0 aliphatic rings. The van der Waals surface area contributed by atoms with Crippen LogP contribution in [-0.2, 0) is 14.8 Å². The molecule has 1 amide bonds. The van der Waals surface area contributed by atoms with Crippen molar-refractivity contribution in [3.63, 3.8) is 0 Å². The van der Waals surface area contributed by atoms with Crippen LogP contribution < -0.4 is 9.62 Å². The fourth-order valence-corrected chi connectivity index (χ4v) is 5.33. The topological polar surface area (TPSA) is 86.7 Å². The van der Waals surface area contributed by atoms with E-state index in [0.29, 0.717) is 32.4 Å². The highest BCUT2D eigenvalue weighted by Crippen LogP contribution is 2.35. The Bertz CT molecular complexity index is 1340. The summed E-state index contributed by atoms with van der Waals surface area (Å²) in [4.78, 5) is 14.4. The fourth-order valence-electron chi connectivity index (χ4n) is 3.63. The smallest absolute Gasteiger partial charge is 0.241 e. The first kappa shape index (κ1) is 26.2. The Hall–Kier alpha value is -2.42. The standard InChI is InChI=1S/C25H26Cl2N2O4S/c1-15-11-17(3)23(12-16(15)2)34(32,33)28-14-24(30)29(4)22-10-9-18(26)13-20(22)25(31)19-7-5-6-8-21(19)27/h5-13,25,28,31H,14H2,1-4H3. The highest BCUT2D eigenvalue weighted by atomic mass is 35.5. The summed E-state index contributed by atoms with van der Waals surface area (Å²) in [5.74, 6) is -0.514. The number of hydrogen-bond donors (Lipinski definition) is 2. The number of halogens is 2. The van der Waals surface area contributed by atoms with Gasteiger partial charge >= 0.3 is 0 Å². The van der Waals surface area contributed by atoms with Gasteiger partial charge in [0.05, 0.1) is 11.4 Å². The molecule has 1 unspecified atom stereocenters. The van der Waals surface area contributed by atoms with Gasteiger partial charge in [-0.15, -0.1) is 0 Å². The number of aliphatic hydroxyl groups is 1. The summed E-state index contributed by atoms with van der Waals surface area (Å²) in [7, 11) is -2.40. The van der Waals surface area contributed by atoms with E-state index in [4.69, 9.17) is 23.2 Å². The molecule has 3 aromatic carbocycles. The van der Waals surface area contributed by atoms with Gasteiger partial charge in [-0.05, 0) is 67.8 Å². The maximum absolute atomic E-state index is 12.9. The lowest BCUT2D eigenvalue weighted by Crippen LogP contribution is -2.38. The van der Waals surface area contributed by atoms with E-state index < -0.39 is 28.6 Å². The van der Waals surface area contributed by atoms with Gasteiger partial charge in [0.25, 0.3) is 0 Å². The van der Waals surface area contributed by atoms with Crippen LogP contribution in [0, 0.1) is 20.8 Å². The number of aryl methyl sites for hydroxylation is 3. The van der Waals surface area contributed by atoms with Crippen LogP contribution in [0.5, 0.6) is 0 Å². The van der Waals surface area contributed by atoms with Crippen molar-refractivity contribution in [2.75, 3.05) is 18.5 Å². The summed E-state index contributed by atoms with van der Waals surface area (Å²) in [5.41, 5.74) is 3.62. The average molecular weight is 521 g/mol. The quantitative estimate of drug-likeness (QED) is 0.461. The van der Waals surface area contributed by atoms with E-state index in [1.165, 1.54) is 11.9 Å². The van der Waals surface area contributed by atoms with Crippen LogP contribution in [0.2, 0.25) is 10.0 Å². The summed E-state index contributed by atoms with van der Waals surface area (Å²) in [6.07, 6.45) is -1.15. The van der Waals surface area contributed by atoms with Crippen LogP contribution in [-0.4, -0.2) is 33.0 Å². The summed E-state index contributed by atoms with van der Waals surface area (Å²) in [5, 5.41) is 11.7. The first-order valence-corrected chi connectivity index (χ1v) is 12.7. The maximum Gasteiger partial charge on any atom is 0.241 e. The van der Waals surface area contributed by atoms with Crippen molar-refractivity contribution in [1.29, 1.82) is 0 Å². The highest BCUT2D eigenvalue weighted by Gasteiger charge is 2.24. The summed E-state index contributed by atoms with van der Waals surface area (Å²) in [6.45, 7) is 4.99. The average Bonchev–Trinajstić information content (AvgIpc) is 2.79. The van der Waals surface area contributed by atoms with Gasteiger partial charge in [0, 0.05) is 33.9 Å². The van der Waals surface area contributed by atoms with Crippen molar-refractivity contribution in [2.24, 2.45) is 0 Å². The molecule has 34 heavy (non-hydrogen) atoms. The number of likely N-dealkylation sites (N-methyl/N-ethyl adjacent to an activating group) is 1. The molecule has 0 aromatic heterocycles. The first-order chi connectivity index (χ1) is 15.9. The number of nitrogens with zero attached hydrogens (tertiary/aromatic N) is 1. The molecule has 0 saturated heterocycles. The second kappa shape index (κ2) is 10.5. The number of sulfonamides is 1. The second-order valence-corrected chi connectivity index (χ2v) is 10.7. The number of aliphatic hydroxyl groups excluding tert-OH is 1. The third-order valence-electron chi connectivity index (χ3n) is 5.71. The number of anilines is 1. The third-order valence-corrected chi connectivity index (χ3v) is 7.84. The molecule has 0 bridgehead atoms. The summed E-state index contributed by atoms with van der Waals surface area (Å²) >= 11 is 12.4. The molecular formula is C25H26Cl2N2O4S. The van der Waals surface area contributed by atoms with Gasteiger partial charge in [-0.1, -0.05) is 47.5 Å². The lowest BCUT2D eigenvalue weighted by atomic mass is 9.99. The van der Waals surface area contributed by atoms with E-state index in [2.05, 4.69) is 4.72 Å². The van der Waals surface area contributed by atoms with Crippen molar-refractivity contribution < 1.29 is 18.3 Å². The molecule has 0 radical (unpaired) electrons. The zero-order valence-electron chi connectivity index (χ0n) is 19.3. The maximum atomic E-state index is 12.9. The molecule has 0 aliphatic carbocycles. The minimum atomic E-state index is -3.91.